The molecule has 0 atom stereocenters. The number of alkyl halides is 1. The van der Waals surface area contributed by atoms with Crippen molar-refractivity contribution >= 4 is 34.6 Å². The molecule has 0 bridgehead atoms. The lowest BCUT2D eigenvalue weighted by atomic mass is 10.3. The molecule has 124 valence electrons. The maximum Gasteiger partial charge on any atom is 0.332 e. The van der Waals surface area contributed by atoms with E-state index in [-0.39, 0.29) is 5.91 Å². The molecule has 0 spiro atoms. The standard InChI is InChI=1S/C14H18ClN5O3/c1-17-11-10(12(22)18(2)14(17)23)20-7-3-5-9(21)19(8-4-6-15)13(20)16-11/h3-8H2,1-2H3. The third-order valence-electron chi connectivity index (χ3n) is 4.16. The van der Waals surface area contributed by atoms with Crippen LogP contribution in [0, 0.1) is 0 Å². The molecule has 2 aromatic rings. The zero-order valence-corrected chi connectivity index (χ0v) is 13.8. The Morgan fingerprint density at radius 2 is 1.91 bits per heavy atom. The van der Waals surface area contributed by atoms with Gasteiger partial charge >= 0.3 is 5.69 Å². The highest BCUT2D eigenvalue weighted by molar-refractivity contribution is 6.17. The monoisotopic (exact) mass is 339 g/mol. The molecule has 2 aromatic heterocycles. The van der Waals surface area contributed by atoms with E-state index in [2.05, 4.69) is 4.98 Å². The molecule has 0 radical (unpaired) electrons. The molecule has 3 rings (SSSR count). The summed E-state index contributed by atoms with van der Waals surface area (Å²) in [6.45, 7) is 0.961. The molecular weight excluding hydrogens is 322 g/mol. The molecule has 0 N–H and O–H groups in total. The molecule has 1 aliphatic rings. The second-order valence-corrected chi connectivity index (χ2v) is 6.01. The van der Waals surface area contributed by atoms with Gasteiger partial charge in [-0.3, -0.25) is 23.6 Å². The fraction of sp³-hybridized carbons (Fsp3) is 0.571. The zero-order chi connectivity index (χ0) is 16.7. The number of rotatable bonds is 3. The van der Waals surface area contributed by atoms with Crippen molar-refractivity contribution in [2.45, 2.75) is 25.8 Å². The van der Waals surface area contributed by atoms with E-state index in [0.717, 1.165) is 4.57 Å². The molecule has 0 unspecified atom stereocenters. The summed E-state index contributed by atoms with van der Waals surface area (Å²) in [5.41, 5.74) is -0.170. The van der Waals surface area contributed by atoms with Crippen LogP contribution >= 0.6 is 11.6 Å². The third-order valence-corrected chi connectivity index (χ3v) is 4.43. The number of fused-ring (bicyclic) bond motifs is 3. The Bertz CT molecular complexity index is 894. The molecule has 0 fully saturated rings. The predicted octanol–water partition coefficient (Wildman–Crippen LogP) is 0.189. The topological polar surface area (TPSA) is 82.1 Å². The van der Waals surface area contributed by atoms with Gasteiger partial charge in [-0.05, 0) is 12.8 Å². The van der Waals surface area contributed by atoms with Gasteiger partial charge in [0.1, 0.15) is 0 Å². The highest BCUT2D eigenvalue weighted by Crippen LogP contribution is 2.24. The Kier molecular flexibility index (Phi) is 4.01. The highest BCUT2D eigenvalue weighted by atomic mass is 35.5. The summed E-state index contributed by atoms with van der Waals surface area (Å²) in [5, 5.41) is 0. The first-order valence-corrected chi connectivity index (χ1v) is 8.03. The van der Waals surface area contributed by atoms with E-state index in [1.54, 1.807) is 16.5 Å². The summed E-state index contributed by atoms with van der Waals surface area (Å²) in [5.74, 6) is 0.821. The SMILES string of the molecule is Cn1c(=O)c2c(nc3n2CCCC(=O)N3CCCCl)n(C)c1=O. The molecule has 3 heterocycles. The van der Waals surface area contributed by atoms with Crippen LogP contribution in [-0.2, 0) is 25.4 Å². The fourth-order valence-electron chi connectivity index (χ4n) is 2.93. The van der Waals surface area contributed by atoms with Crippen LogP contribution in [0.5, 0.6) is 0 Å². The van der Waals surface area contributed by atoms with Gasteiger partial charge in [0.25, 0.3) is 5.56 Å². The molecule has 0 aromatic carbocycles. The van der Waals surface area contributed by atoms with Crippen LogP contribution < -0.4 is 16.1 Å². The second-order valence-electron chi connectivity index (χ2n) is 5.63. The van der Waals surface area contributed by atoms with E-state index in [9.17, 15) is 14.4 Å². The maximum absolute atomic E-state index is 12.5. The average molecular weight is 340 g/mol. The van der Waals surface area contributed by atoms with Crippen LogP contribution in [0.2, 0.25) is 0 Å². The number of halogens is 1. The van der Waals surface area contributed by atoms with Gasteiger partial charge in [0.2, 0.25) is 11.9 Å². The van der Waals surface area contributed by atoms with Crippen molar-refractivity contribution in [2.75, 3.05) is 17.3 Å². The summed E-state index contributed by atoms with van der Waals surface area (Å²) in [6.07, 6.45) is 1.66. The lowest BCUT2D eigenvalue weighted by molar-refractivity contribution is -0.118. The van der Waals surface area contributed by atoms with Crippen molar-refractivity contribution in [1.82, 2.24) is 18.7 Å². The first-order valence-electron chi connectivity index (χ1n) is 7.50. The number of imidazole rings is 1. The van der Waals surface area contributed by atoms with E-state index in [0.29, 0.717) is 55.3 Å². The van der Waals surface area contributed by atoms with E-state index in [1.807, 2.05) is 0 Å². The Balaban J connectivity index is 2.32. The number of carbonyl (C=O) groups is 1. The maximum atomic E-state index is 12.5. The molecular formula is C14H18ClN5O3. The van der Waals surface area contributed by atoms with E-state index >= 15 is 0 Å². The van der Waals surface area contributed by atoms with Gasteiger partial charge in [0, 0.05) is 39.5 Å². The van der Waals surface area contributed by atoms with Crippen molar-refractivity contribution in [3.05, 3.63) is 20.8 Å². The van der Waals surface area contributed by atoms with Crippen molar-refractivity contribution < 1.29 is 4.79 Å². The lowest BCUT2D eigenvalue weighted by Crippen LogP contribution is -2.37. The van der Waals surface area contributed by atoms with Gasteiger partial charge in [-0.25, -0.2) is 4.79 Å². The molecule has 9 heteroatoms. The summed E-state index contributed by atoms with van der Waals surface area (Å²) >= 11 is 5.74. The minimum absolute atomic E-state index is 0.0361. The molecule has 8 nitrogen and oxygen atoms in total. The number of carbonyl (C=O) groups excluding carboxylic acids is 1. The second kappa shape index (κ2) is 5.84. The lowest BCUT2D eigenvalue weighted by Gasteiger charge is -2.19. The van der Waals surface area contributed by atoms with Crippen LogP contribution in [0.3, 0.4) is 0 Å². The molecule has 1 amide bonds. The number of hydrogen-bond acceptors (Lipinski definition) is 4. The summed E-state index contributed by atoms with van der Waals surface area (Å²) in [7, 11) is 3.01. The van der Waals surface area contributed by atoms with Gasteiger partial charge < -0.3 is 4.57 Å². The van der Waals surface area contributed by atoms with Gasteiger partial charge in [-0.15, -0.1) is 11.6 Å². The Hall–Kier alpha value is -2.09. The van der Waals surface area contributed by atoms with Crippen LogP contribution in [0.4, 0.5) is 5.95 Å². The Morgan fingerprint density at radius 3 is 2.61 bits per heavy atom. The fourth-order valence-corrected chi connectivity index (χ4v) is 3.05. The number of hydrogen-bond donors (Lipinski definition) is 0. The van der Waals surface area contributed by atoms with E-state index < -0.39 is 11.2 Å². The third kappa shape index (κ3) is 2.37. The number of aromatic nitrogens is 4. The van der Waals surface area contributed by atoms with E-state index in [4.69, 9.17) is 11.6 Å². The molecule has 23 heavy (non-hydrogen) atoms. The van der Waals surface area contributed by atoms with Gasteiger partial charge in [0.15, 0.2) is 11.2 Å². The van der Waals surface area contributed by atoms with Gasteiger partial charge in [0.05, 0.1) is 0 Å². The number of nitrogens with zero attached hydrogens (tertiary/aromatic N) is 5. The normalized spacial score (nSPS) is 15.1. The van der Waals surface area contributed by atoms with Gasteiger partial charge in [-0.2, -0.15) is 4.98 Å². The summed E-state index contributed by atoms with van der Waals surface area (Å²) in [6, 6.07) is 0. The largest absolute Gasteiger partial charge is 0.332 e. The smallest absolute Gasteiger partial charge is 0.304 e. The summed E-state index contributed by atoms with van der Waals surface area (Å²) in [4.78, 5) is 42.9. The minimum atomic E-state index is -0.436. The highest BCUT2D eigenvalue weighted by Gasteiger charge is 2.28. The first kappa shape index (κ1) is 15.8. The minimum Gasteiger partial charge on any atom is -0.304 e. The molecule has 1 aliphatic heterocycles. The quantitative estimate of drug-likeness (QED) is 0.747. The number of amides is 1. The Morgan fingerprint density at radius 1 is 1.17 bits per heavy atom. The van der Waals surface area contributed by atoms with Crippen LogP contribution in [0.25, 0.3) is 11.2 Å². The number of aryl methyl sites for hydroxylation is 2. The van der Waals surface area contributed by atoms with Crippen molar-refractivity contribution in [1.29, 1.82) is 0 Å². The van der Waals surface area contributed by atoms with Crippen LogP contribution in [0.15, 0.2) is 9.59 Å². The zero-order valence-electron chi connectivity index (χ0n) is 13.1. The average Bonchev–Trinajstić information content (AvgIpc) is 2.83. The van der Waals surface area contributed by atoms with Crippen molar-refractivity contribution in [3.8, 4) is 0 Å². The van der Waals surface area contributed by atoms with Gasteiger partial charge in [-0.1, -0.05) is 0 Å². The van der Waals surface area contributed by atoms with E-state index in [1.165, 1.54) is 11.6 Å². The molecule has 0 saturated carbocycles. The Labute approximate surface area is 136 Å². The summed E-state index contributed by atoms with van der Waals surface area (Å²) < 4.78 is 4.14. The molecule has 0 saturated heterocycles. The van der Waals surface area contributed by atoms with Crippen LogP contribution in [-0.4, -0.2) is 37.0 Å². The first-order chi connectivity index (χ1) is 11.0. The molecule has 0 aliphatic carbocycles. The number of anilines is 1. The predicted molar refractivity (Wildman–Crippen MR) is 87.1 cm³/mol. The van der Waals surface area contributed by atoms with Crippen LogP contribution in [0.1, 0.15) is 19.3 Å². The van der Waals surface area contributed by atoms with Crippen molar-refractivity contribution in [3.63, 3.8) is 0 Å². The van der Waals surface area contributed by atoms with Crippen molar-refractivity contribution in [2.24, 2.45) is 14.1 Å².